The van der Waals surface area contributed by atoms with Gasteiger partial charge < -0.3 is 19.3 Å². The van der Waals surface area contributed by atoms with Gasteiger partial charge in [0.1, 0.15) is 0 Å². The summed E-state index contributed by atoms with van der Waals surface area (Å²) in [4.78, 5) is 22.5. The van der Waals surface area contributed by atoms with Crippen LogP contribution in [-0.2, 0) is 24.1 Å². The Morgan fingerprint density at radius 1 is 1.03 bits per heavy atom. The number of nitrogens with zero attached hydrogens (tertiary/aromatic N) is 3. The van der Waals surface area contributed by atoms with Gasteiger partial charge in [-0.3, -0.25) is 9.78 Å². The third-order valence-corrected chi connectivity index (χ3v) is 7.01. The lowest BCUT2D eigenvalue weighted by Gasteiger charge is -2.29. The number of hydrogen-bond donors (Lipinski definition) is 0. The van der Waals surface area contributed by atoms with Gasteiger partial charge in [0.25, 0.3) is 0 Å². The summed E-state index contributed by atoms with van der Waals surface area (Å²) in [5, 5.41) is 0. The first-order chi connectivity index (χ1) is 16.1. The first-order valence-electron chi connectivity index (χ1n) is 12.2. The van der Waals surface area contributed by atoms with Crippen LogP contribution in [0.4, 0.5) is 0 Å². The molecule has 1 unspecified atom stereocenters. The number of aromatic nitrogens is 1. The van der Waals surface area contributed by atoms with Crippen LogP contribution >= 0.6 is 24.8 Å². The molecule has 4 rings (SSSR count). The Labute approximate surface area is 222 Å². The summed E-state index contributed by atoms with van der Waals surface area (Å²) in [7, 11) is 3.30. The van der Waals surface area contributed by atoms with Crippen molar-refractivity contribution in [2.45, 2.75) is 45.4 Å². The molecule has 0 N–H and O–H groups in total. The van der Waals surface area contributed by atoms with E-state index in [4.69, 9.17) is 9.47 Å². The monoisotopic (exact) mass is 523 g/mol. The standard InChI is InChI=1S/C27H37N3O3.2ClH/c1-20-7-6-9-24(28-20)11-13-29-12-5-4-8-21(18-29)19-30-14-10-22-15-25(32-2)26(33-3)16-23(22)17-27(30)31;;/h6-7,9,15-16,21H,4-5,8,10-14,17-19H2,1-3H3;2*1H. The van der Waals surface area contributed by atoms with E-state index in [0.717, 1.165) is 62.6 Å². The van der Waals surface area contributed by atoms with Crippen molar-refractivity contribution in [2.24, 2.45) is 5.92 Å². The number of benzene rings is 1. The van der Waals surface area contributed by atoms with E-state index in [-0.39, 0.29) is 30.7 Å². The largest absolute Gasteiger partial charge is 0.493 e. The minimum atomic E-state index is 0. The molecule has 1 fully saturated rings. The molecule has 0 aliphatic carbocycles. The molecule has 1 aromatic carbocycles. The highest BCUT2D eigenvalue weighted by Gasteiger charge is 2.26. The second-order valence-electron chi connectivity index (χ2n) is 9.43. The van der Waals surface area contributed by atoms with Crippen molar-refractivity contribution in [1.82, 2.24) is 14.8 Å². The van der Waals surface area contributed by atoms with E-state index < -0.39 is 0 Å². The van der Waals surface area contributed by atoms with Gasteiger partial charge in [-0.2, -0.15) is 0 Å². The fraction of sp³-hybridized carbons (Fsp3) is 0.556. The Hall–Kier alpha value is -2.02. The Kier molecular flexibility index (Phi) is 11.6. The van der Waals surface area contributed by atoms with E-state index in [1.165, 1.54) is 30.5 Å². The fourth-order valence-electron chi connectivity index (χ4n) is 5.20. The molecule has 2 aliphatic rings. The van der Waals surface area contributed by atoms with Crippen molar-refractivity contribution in [2.75, 3.05) is 46.9 Å². The quantitative estimate of drug-likeness (QED) is 0.533. The second-order valence-corrected chi connectivity index (χ2v) is 9.43. The lowest BCUT2D eigenvalue weighted by atomic mass is 10.0. The molecule has 0 spiro atoms. The molecular weight excluding hydrogens is 485 g/mol. The van der Waals surface area contributed by atoms with E-state index >= 15 is 0 Å². The number of methoxy groups -OCH3 is 2. The van der Waals surface area contributed by atoms with Crippen LogP contribution in [0.3, 0.4) is 0 Å². The van der Waals surface area contributed by atoms with Crippen molar-refractivity contribution in [3.63, 3.8) is 0 Å². The molecule has 2 aromatic rings. The third kappa shape index (κ3) is 7.73. The van der Waals surface area contributed by atoms with E-state index in [1.54, 1.807) is 14.2 Å². The zero-order valence-electron chi connectivity index (χ0n) is 21.1. The molecule has 0 radical (unpaired) electrons. The van der Waals surface area contributed by atoms with Crippen LogP contribution in [0.25, 0.3) is 0 Å². The SMILES string of the molecule is COc1cc2c(cc1OC)CC(=O)N(CC1CCCCN(CCc3cccc(C)n3)C1)CC2.Cl.Cl. The Bertz CT molecular complexity index is 973. The summed E-state index contributed by atoms with van der Waals surface area (Å²) >= 11 is 0. The maximum atomic E-state index is 13.1. The van der Waals surface area contributed by atoms with E-state index in [0.29, 0.717) is 18.1 Å². The summed E-state index contributed by atoms with van der Waals surface area (Å²) in [6.45, 7) is 6.90. The Morgan fingerprint density at radius 2 is 1.77 bits per heavy atom. The topological polar surface area (TPSA) is 54.9 Å². The van der Waals surface area contributed by atoms with Crippen LogP contribution in [0.2, 0.25) is 0 Å². The van der Waals surface area contributed by atoms with E-state index in [2.05, 4.69) is 26.9 Å². The summed E-state index contributed by atoms with van der Waals surface area (Å²) in [6.07, 6.45) is 5.94. The van der Waals surface area contributed by atoms with Gasteiger partial charge in [-0.1, -0.05) is 12.5 Å². The number of ether oxygens (including phenoxy) is 2. The highest BCUT2D eigenvalue weighted by Crippen LogP contribution is 2.32. The highest BCUT2D eigenvalue weighted by atomic mass is 35.5. The van der Waals surface area contributed by atoms with Crippen LogP contribution in [-0.4, -0.2) is 67.6 Å². The minimum Gasteiger partial charge on any atom is -0.493 e. The van der Waals surface area contributed by atoms with Crippen LogP contribution in [0, 0.1) is 12.8 Å². The highest BCUT2D eigenvalue weighted by molar-refractivity contribution is 5.85. The van der Waals surface area contributed by atoms with Gasteiger partial charge in [0.05, 0.1) is 20.6 Å². The number of likely N-dealkylation sites (tertiary alicyclic amines) is 1. The smallest absolute Gasteiger partial charge is 0.227 e. The molecule has 8 heteroatoms. The molecule has 6 nitrogen and oxygen atoms in total. The molecule has 3 heterocycles. The number of carbonyl (C=O) groups is 1. The number of amides is 1. The molecule has 1 amide bonds. The van der Waals surface area contributed by atoms with Crippen molar-refractivity contribution >= 4 is 30.7 Å². The lowest BCUT2D eigenvalue weighted by molar-refractivity contribution is -0.130. The predicted octanol–water partition coefficient (Wildman–Crippen LogP) is 4.52. The molecule has 2 aliphatic heterocycles. The van der Waals surface area contributed by atoms with Gasteiger partial charge in [-0.15, -0.1) is 24.8 Å². The molecule has 35 heavy (non-hydrogen) atoms. The van der Waals surface area contributed by atoms with Crippen molar-refractivity contribution in [3.05, 3.63) is 52.8 Å². The lowest BCUT2D eigenvalue weighted by Crippen LogP contribution is -2.40. The summed E-state index contributed by atoms with van der Waals surface area (Å²) in [5.41, 5.74) is 4.50. The third-order valence-electron chi connectivity index (χ3n) is 7.01. The van der Waals surface area contributed by atoms with Gasteiger partial charge in [0.15, 0.2) is 11.5 Å². The maximum absolute atomic E-state index is 13.1. The Balaban J connectivity index is 0.00000216. The van der Waals surface area contributed by atoms with Crippen molar-refractivity contribution in [1.29, 1.82) is 0 Å². The van der Waals surface area contributed by atoms with Crippen LogP contribution in [0.5, 0.6) is 11.5 Å². The number of carbonyl (C=O) groups excluding carboxylic acids is 1. The van der Waals surface area contributed by atoms with E-state index in [1.807, 2.05) is 25.1 Å². The second kappa shape index (κ2) is 13.9. The summed E-state index contributed by atoms with van der Waals surface area (Å²) in [5.74, 6) is 2.17. The van der Waals surface area contributed by atoms with Crippen LogP contribution < -0.4 is 9.47 Å². The number of aryl methyl sites for hydroxylation is 1. The molecular formula is C27H39Cl2N3O3. The van der Waals surface area contributed by atoms with Crippen molar-refractivity contribution < 1.29 is 14.3 Å². The zero-order valence-corrected chi connectivity index (χ0v) is 22.8. The van der Waals surface area contributed by atoms with Gasteiger partial charge in [-0.05, 0) is 74.0 Å². The first kappa shape index (κ1) is 29.2. The molecule has 1 atom stereocenters. The van der Waals surface area contributed by atoms with Gasteiger partial charge in [-0.25, -0.2) is 0 Å². The fourth-order valence-corrected chi connectivity index (χ4v) is 5.20. The van der Waals surface area contributed by atoms with E-state index in [9.17, 15) is 4.79 Å². The summed E-state index contributed by atoms with van der Waals surface area (Å²) in [6, 6.07) is 10.3. The summed E-state index contributed by atoms with van der Waals surface area (Å²) < 4.78 is 10.9. The predicted molar refractivity (Wildman–Crippen MR) is 144 cm³/mol. The average Bonchev–Trinajstić information content (AvgIpc) is 3.13. The minimum absolute atomic E-state index is 0. The normalized spacial score (nSPS) is 18.4. The maximum Gasteiger partial charge on any atom is 0.227 e. The van der Waals surface area contributed by atoms with Gasteiger partial charge in [0, 0.05) is 44.0 Å². The number of fused-ring (bicyclic) bond motifs is 1. The number of halogens is 2. The molecule has 194 valence electrons. The molecule has 1 aromatic heterocycles. The molecule has 1 saturated heterocycles. The first-order valence-corrected chi connectivity index (χ1v) is 12.2. The zero-order chi connectivity index (χ0) is 23.2. The average molecular weight is 525 g/mol. The Morgan fingerprint density at radius 3 is 2.49 bits per heavy atom. The number of pyridine rings is 1. The van der Waals surface area contributed by atoms with Gasteiger partial charge >= 0.3 is 0 Å². The number of rotatable bonds is 7. The molecule has 0 saturated carbocycles. The number of hydrogen-bond acceptors (Lipinski definition) is 5. The molecule has 0 bridgehead atoms. The van der Waals surface area contributed by atoms with Gasteiger partial charge in [0.2, 0.25) is 5.91 Å². The van der Waals surface area contributed by atoms with Crippen molar-refractivity contribution in [3.8, 4) is 11.5 Å². The van der Waals surface area contributed by atoms with Crippen LogP contribution in [0.1, 0.15) is 41.8 Å². The van der Waals surface area contributed by atoms with Crippen LogP contribution in [0.15, 0.2) is 30.3 Å².